The van der Waals surface area contributed by atoms with Crippen molar-refractivity contribution in [3.05, 3.63) is 95.8 Å². The van der Waals surface area contributed by atoms with Crippen LogP contribution in [-0.4, -0.2) is 53.8 Å². The molecule has 0 radical (unpaired) electrons. The summed E-state index contributed by atoms with van der Waals surface area (Å²) < 4.78 is 8.64. The van der Waals surface area contributed by atoms with Gasteiger partial charge in [0.25, 0.3) is 0 Å². The molecule has 0 bridgehead atoms. The van der Waals surface area contributed by atoms with Crippen molar-refractivity contribution in [2.24, 2.45) is 0 Å². The Morgan fingerprint density at radius 1 is 0.886 bits per heavy atom. The number of aryl methyl sites for hydroxylation is 1. The largest absolute Gasteiger partial charge is 0.492 e. The number of hydrogen-bond acceptors (Lipinski definition) is 4. The number of fused-ring (bicyclic) bond motifs is 1. The monoisotopic (exact) mass is 468 g/mol. The molecule has 1 fully saturated rings. The molecule has 1 N–H and O–H groups in total. The zero-order valence-electron chi connectivity index (χ0n) is 20.7. The molecule has 1 aliphatic rings. The van der Waals surface area contributed by atoms with Gasteiger partial charge in [-0.25, -0.2) is 4.98 Å². The van der Waals surface area contributed by atoms with E-state index in [1.807, 2.05) is 0 Å². The second kappa shape index (κ2) is 11.5. The number of benzene rings is 3. The molecule has 2 heterocycles. The summed E-state index contributed by atoms with van der Waals surface area (Å²) in [4.78, 5) is 7.67. The van der Waals surface area contributed by atoms with Gasteiger partial charge < -0.3 is 14.6 Å². The number of aromatic nitrogens is 2. The van der Waals surface area contributed by atoms with Crippen LogP contribution >= 0.6 is 0 Å². The van der Waals surface area contributed by atoms with Gasteiger partial charge in [-0.15, -0.1) is 0 Å². The fourth-order valence-electron chi connectivity index (χ4n) is 4.99. The van der Waals surface area contributed by atoms with Gasteiger partial charge in [-0.2, -0.15) is 0 Å². The molecule has 3 aromatic carbocycles. The van der Waals surface area contributed by atoms with Gasteiger partial charge in [-0.1, -0.05) is 74.0 Å². The Labute approximate surface area is 208 Å². The number of nitrogens with zero attached hydrogens (tertiary/aromatic N) is 3. The van der Waals surface area contributed by atoms with E-state index >= 15 is 0 Å². The fraction of sp³-hybridized carbons (Fsp3) is 0.367. The molecule has 1 aliphatic heterocycles. The summed E-state index contributed by atoms with van der Waals surface area (Å²) in [6, 6.07) is 27.9. The first kappa shape index (κ1) is 23.6. The zero-order valence-corrected chi connectivity index (χ0v) is 20.7. The Morgan fingerprint density at radius 2 is 1.57 bits per heavy atom. The standard InChI is InChI=1S/C30H36N4O/c1-2-3-18-34-28-23-26(35-22-21-33-19-16-31-17-20-33)14-15-27(28)32-30(34)29(24-10-6-4-7-11-24)25-12-8-5-9-13-25/h4-15,23,29,31H,2-3,16-22H2,1H3. The zero-order chi connectivity index (χ0) is 23.9. The van der Waals surface area contributed by atoms with Crippen molar-refractivity contribution < 1.29 is 4.74 Å². The molecule has 4 aromatic rings. The van der Waals surface area contributed by atoms with Crippen molar-refractivity contribution in [2.45, 2.75) is 32.2 Å². The number of ether oxygens (including phenoxy) is 1. The first-order chi connectivity index (χ1) is 17.3. The number of rotatable bonds is 10. The summed E-state index contributed by atoms with van der Waals surface area (Å²) in [5.41, 5.74) is 4.71. The minimum atomic E-state index is 0.0822. The van der Waals surface area contributed by atoms with Gasteiger partial charge in [0.1, 0.15) is 18.2 Å². The molecule has 1 saturated heterocycles. The summed E-state index contributed by atoms with van der Waals surface area (Å²) in [5, 5.41) is 3.41. The molecular weight excluding hydrogens is 432 g/mol. The normalized spacial score (nSPS) is 14.6. The van der Waals surface area contributed by atoms with Gasteiger partial charge in [0, 0.05) is 45.3 Å². The van der Waals surface area contributed by atoms with Gasteiger partial charge in [0.05, 0.1) is 17.0 Å². The van der Waals surface area contributed by atoms with Gasteiger partial charge in [-0.05, 0) is 29.7 Å². The van der Waals surface area contributed by atoms with Crippen LogP contribution in [0.4, 0.5) is 0 Å². The minimum Gasteiger partial charge on any atom is -0.492 e. The molecule has 0 amide bonds. The quantitative estimate of drug-likeness (QED) is 0.343. The Bertz CT molecular complexity index is 1160. The molecule has 0 atom stereocenters. The van der Waals surface area contributed by atoms with E-state index in [9.17, 15) is 0 Å². The predicted octanol–water partition coefficient (Wildman–Crippen LogP) is 5.30. The molecule has 0 saturated carbocycles. The number of nitrogens with one attached hydrogen (secondary N) is 1. The van der Waals surface area contributed by atoms with Crippen molar-refractivity contribution in [2.75, 3.05) is 39.3 Å². The summed E-state index contributed by atoms with van der Waals surface area (Å²) in [6.45, 7) is 9.18. The van der Waals surface area contributed by atoms with E-state index in [4.69, 9.17) is 9.72 Å². The van der Waals surface area contributed by atoms with Crippen LogP contribution in [0.1, 0.15) is 42.6 Å². The van der Waals surface area contributed by atoms with E-state index in [1.54, 1.807) is 0 Å². The SMILES string of the molecule is CCCCn1c(C(c2ccccc2)c2ccccc2)nc2ccc(OCCN3CCNCC3)cc21. The third kappa shape index (κ3) is 5.58. The average molecular weight is 469 g/mol. The smallest absolute Gasteiger partial charge is 0.121 e. The Kier molecular flexibility index (Phi) is 7.76. The number of imidazole rings is 1. The average Bonchev–Trinajstić information content (AvgIpc) is 3.26. The van der Waals surface area contributed by atoms with E-state index in [1.165, 1.54) is 11.1 Å². The highest BCUT2D eigenvalue weighted by molar-refractivity contribution is 5.78. The molecule has 5 heteroatoms. The lowest BCUT2D eigenvalue weighted by atomic mass is 9.90. The Hall–Kier alpha value is -3.15. The van der Waals surface area contributed by atoms with Crippen LogP contribution < -0.4 is 10.1 Å². The molecule has 35 heavy (non-hydrogen) atoms. The molecular formula is C30H36N4O. The number of piperazine rings is 1. The van der Waals surface area contributed by atoms with Gasteiger partial charge in [0.15, 0.2) is 0 Å². The predicted molar refractivity (Wildman–Crippen MR) is 143 cm³/mol. The maximum absolute atomic E-state index is 6.21. The summed E-state index contributed by atoms with van der Waals surface area (Å²) in [5.74, 6) is 2.11. The van der Waals surface area contributed by atoms with Gasteiger partial charge in [0.2, 0.25) is 0 Å². The molecule has 5 rings (SSSR count). The molecule has 1 aromatic heterocycles. The summed E-state index contributed by atoms with van der Waals surface area (Å²) in [6.07, 6.45) is 2.25. The first-order valence-electron chi connectivity index (χ1n) is 13.0. The maximum Gasteiger partial charge on any atom is 0.121 e. The summed E-state index contributed by atoms with van der Waals surface area (Å²) in [7, 11) is 0. The van der Waals surface area contributed by atoms with E-state index in [-0.39, 0.29) is 5.92 Å². The number of hydrogen-bond donors (Lipinski definition) is 1. The topological polar surface area (TPSA) is 42.3 Å². The number of unbranched alkanes of at least 4 members (excludes halogenated alkanes) is 1. The van der Waals surface area contributed by atoms with Gasteiger partial charge >= 0.3 is 0 Å². The second-order valence-electron chi connectivity index (χ2n) is 9.32. The van der Waals surface area contributed by atoms with Crippen LogP contribution in [0.3, 0.4) is 0 Å². The van der Waals surface area contributed by atoms with E-state index in [0.29, 0.717) is 6.61 Å². The molecule has 0 spiro atoms. The fourth-order valence-corrected chi connectivity index (χ4v) is 4.99. The Balaban J connectivity index is 1.49. The van der Waals surface area contributed by atoms with Crippen LogP contribution in [0, 0.1) is 0 Å². The highest BCUT2D eigenvalue weighted by Gasteiger charge is 2.24. The second-order valence-corrected chi connectivity index (χ2v) is 9.32. The maximum atomic E-state index is 6.21. The lowest BCUT2D eigenvalue weighted by Gasteiger charge is -2.26. The van der Waals surface area contributed by atoms with Crippen LogP contribution in [0.2, 0.25) is 0 Å². The Morgan fingerprint density at radius 3 is 2.23 bits per heavy atom. The molecule has 182 valence electrons. The van der Waals surface area contributed by atoms with Crippen molar-refractivity contribution in [3.63, 3.8) is 0 Å². The highest BCUT2D eigenvalue weighted by Crippen LogP contribution is 2.34. The third-order valence-corrected chi connectivity index (χ3v) is 6.89. The minimum absolute atomic E-state index is 0.0822. The van der Waals surface area contributed by atoms with E-state index in [2.05, 4.69) is 101 Å². The molecule has 5 nitrogen and oxygen atoms in total. The van der Waals surface area contributed by atoms with Crippen LogP contribution in [0.15, 0.2) is 78.9 Å². The van der Waals surface area contributed by atoms with Crippen LogP contribution in [0.25, 0.3) is 11.0 Å². The highest BCUT2D eigenvalue weighted by atomic mass is 16.5. The van der Waals surface area contributed by atoms with E-state index < -0.39 is 0 Å². The van der Waals surface area contributed by atoms with Crippen LogP contribution in [-0.2, 0) is 6.54 Å². The van der Waals surface area contributed by atoms with Crippen molar-refractivity contribution >= 4 is 11.0 Å². The first-order valence-corrected chi connectivity index (χ1v) is 13.0. The summed E-state index contributed by atoms with van der Waals surface area (Å²) >= 11 is 0. The van der Waals surface area contributed by atoms with E-state index in [0.717, 1.165) is 74.7 Å². The van der Waals surface area contributed by atoms with Crippen molar-refractivity contribution in [1.29, 1.82) is 0 Å². The third-order valence-electron chi connectivity index (χ3n) is 6.89. The molecule has 0 aliphatic carbocycles. The van der Waals surface area contributed by atoms with Crippen molar-refractivity contribution in [3.8, 4) is 5.75 Å². The van der Waals surface area contributed by atoms with Crippen molar-refractivity contribution in [1.82, 2.24) is 19.8 Å². The lowest BCUT2D eigenvalue weighted by Crippen LogP contribution is -2.44. The van der Waals surface area contributed by atoms with Gasteiger partial charge in [-0.3, -0.25) is 4.90 Å². The lowest BCUT2D eigenvalue weighted by molar-refractivity contribution is 0.191. The van der Waals surface area contributed by atoms with Crippen LogP contribution in [0.5, 0.6) is 5.75 Å². The molecule has 0 unspecified atom stereocenters.